The number of terminal acetylenes is 1. The van der Waals surface area contributed by atoms with E-state index in [-0.39, 0.29) is 36.8 Å². The van der Waals surface area contributed by atoms with Crippen molar-refractivity contribution < 1.29 is 17.8 Å². The number of anilines is 1. The van der Waals surface area contributed by atoms with E-state index in [0.717, 1.165) is 10.6 Å². The minimum absolute atomic E-state index is 0.0217. The molecule has 3 rings (SSSR count). The zero-order chi connectivity index (χ0) is 20.3. The Labute approximate surface area is 168 Å². The summed E-state index contributed by atoms with van der Waals surface area (Å²) in [6.07, 6.45) is 8.53. The summed E-state index contributed by atoms with van der Waals surface area (Å²) >= 11 is 1.33. The van der Waals surface area contributed by atoms with Gasteiger partial charge in [-0.25, -0.2) is 13.8 Å². The molecular weight excluding hydrogens is 404 g/mol. The highest BCUT2D eigenvalue weighted by atomic mass is 32.2. The number of pyridine rings is 1. The van der Waals surface area contributed by atoms with Gasteiger partial charge in [0.15, 0.2) is 0 Å². The molecule has 2 aromatic heterocycles. The Hall–Kier alpha value is -2.18. The van der Waals surface area contributed by atoms with Gasteiger partial charge < -0.3 is 0 Å². The molecule has 28 heavy (non-hydrogen) atoms. The second-order valence-electron chi connectivity index (χ2n) is 6.56. The quantitative estimate of drug-likeness (QED) is 0.612. The maximum absolute atomic E-state index is 13.0. The van der Waals surface area contributed by atoms with Crippen LogP contribution in [0.2, 0.25) is 0 Å². The third-order valence-electron chi connectivity index (χ3n) is 4.36. The van der Waals surface area contributed by atoms with Crippen LogP contribution in [0.25, 0.3) is 10.6 Å². The van der Waals surface area contributed by atoms with Crippen LogP contribution in [0.15, 0.2) is 24.5 Å². The lowest BCUT2D eigenvalue weighted by Crippen LogP contribution is -2.32. The number of rotatable bonds is 8. The van der Waals surface area contributed by atoms with E-state index in [9.17, 15) is 17.8 Å². The third kappa shape index (κ3) is 4.80. The molecular formula is C19H19F2N3O2S2. The van der Waals surface area contributed by atoms with E-state index in [4.69, 9.17) is 6.42 Å². The van der Waals surface area contributed by atoms with E-state index in [1.54, 1.807) is 25.4 Å². The van der Waals surface area contributed by atoms with Crippen LogP contribution in [0.1, 0.15) is 18.5 Å². The molecule has 1 aliphatic carbocycles. The van der Waals surface area contributed by atoms with Gasteiger partial charge in [-0.2, -0.15) is 0 Å². The van der Waals surface area contributed by atoms with E-state index in [1.807, 2.05) is 6.07 Å². The lowest BCUT2D eigenvalue weighted by Gasteiger charge is -2.18. The lowest BCUT2D eigenvalue weighted by molar-refractivity contribution is -0.118. The molecule has 148 valence electrons. The first-order valence-electron chi connectivity index (χ1n) is 8.66. The van der Waals surface area contributed by atoms with Crippen molar-refractivity contribution in [3.63, 3.8) is 0 Å². The van der Waals surface area contributed by atoms with Gasteiger partial charge >= 0.3 is 0 Å². The summed E-state index contributed by atoms with van der Waals surface area (Å²) in [4.78, 5) is 22.7. The Kier molecular flexibility index (Phi) is 6.20. The zero-order valence-corrected chi connectivity index (χ0v) is 16.9. The summed E-state index contributed by atoms with van der Waals surface area (Å²) in [6.45, 7) is 1.84. The Bertz CT molecular complexity index is 925. The Balaban J connectivity index is 1.67. The number of carbonyl (C=O) groups excluding carboxylic acids is 1. The standard InChI is InChI=1S/C19H19F2N3O2S2/c1-3-8-24(16(25)6-9-28(26)12-15-10-19(15,20)21)18-13(2)23-17(27-18)14-5-4-7-22-11-14/h1,4-5,7,11,15H,6,8-10,12H2,2H3. The van der Waals surface area contributed by atoms with E-state index >= 15 is 0 Å². The summed E-state index contributed by atoms with van der Waals surface area (Å²) in [5, 5.41) is 1.34. The van der Waals surface area contributed by atoms with Gasteiger partial charge in [0, 0.05) is 59.0 Å². The normalized spacial score (nSPS) is 18.3. The van der Waals surface area contributed by atoms with Crippen molar-refractivity contribution in [1.82, 2.24) is 9.97 Å². The molecule has 1 aliphatic rings. The Morgan fingerprint density at radius 1 is 1.54 bits per heavy atom. The van der Waals surface area contributed by atoms with E-state index in [1.165, 1.54) is 16.2 Å². The molecule has 0 radical (unpaired) electrons. The first-order valence-corrected chi connectivity index (χ1v) is 11.0. The molecule has 5 nitrogen and oxygen atoms in total. The fourth-order valence-corrected chi connectivity index (χ4v) is 5.16. The minimum Gasteiger partial charge on any atom is -0.290 e. The average Bonchev–Trinajstić information content (AvgIpc) is 3.08. The van der Waals surface area contributed by atoms with Gasteiger partial charge in [0.1, 0.15) is 10.0 Å². The molecule has 2 aromatic rings. The van der Waals surface area contributed by atoms with Crippen LogP contribution in [-0.2, 0) is 15.6 Å². The predicted molar refractivity (Wildman–Crippen MR) is 107 cm³/mol. The minimum atomic E-state index is -2.70. The fraction of sp³-hybridized carbons (Fsp3) is 0.421. The van der Waals surface area contributed by atoms with Gasteiger partial charge in [0.2, 0.25) is 5.91 Å². The van der Waals surface area contributed by atoms with Crippen LogP contribution in [0, 0.1) is 25.2 Å². The van der Waals surface area contributed by atoms with Crippen LogP contribution in [0.4, 0.5) is 13.8 Å². The smallest absolute Gasteiger partial charge is 0.252 e. The number of halogens is 2. The molecule has 1 saturated carbocycles. The number of carbonyl (C=O) groups is 1. The van der Waals surface area contributed by atoms with Gasteiger partial charge in [-0.05, 0) is 19.1 Å². The molecule has 0 N–H and O–H groups in total. The summed E-state index contributed by atoms with van der Waals surface area (Å²) < 4.78 is 37.9. The predicted octanol–water partition coefficient (Wildman–Crippen LogP) is 3.27. The number of nitrogens with zero attached hydrogens (tertiary/aromatic N) is 3. The molecule has 1 fully saturated rings. The van der Waals surface area contributed by atoms with Crippen LogP contribution in [0.5, 0.6) is 0 Å². The van der Waals surface area contributed by atoms with Crippen molar-refractivity contribution in [3.05, 3.63) is 30.2 Å². The second-order valence-corrected chi connectivity index (χ2v) is 9.16. The van der Waals surface area contributed by atoms with Gasteiger partial charge in [0.05, 0.1) is 12.2 Å². The molecule has 0 bridgehead atoms. The van der Waals surface area contributed by atoms with Crippen LogP contribution in [-0.4, -0.2) is 44.1 Å². The third-order valence-corrected chi connectivity index (χ3v) is 7.03. The van der Waals surface area contributed by atoms with Crippen molar-refractivity contribution in [3.8, 4) is 22.9 Å². The number of aryl methyl sites for hydroxylation is 1. The first-order chi connectivity index (χ1) is 13.3. The average molecular weight is 424 g/mol. The molecule has 0 aromatic carbocycles. The highest BCUT2D eigenvalue weighted by Gasteiger charge is 2.57. The number of hydrogen-bond donors (Lipinski definition) is 0. The number of amides is 1. The lowest BCUT2D eigenvalue weighted by atomic mass is 10.3. The zero-order valence-electron chi connectivity index (χ0n) is 15.2. The largest absolute Gasteiger partial charge is 0.290 e. The van der Waals surface area contributed by atoms with Crippen molar-refractivity contribution in [1.29, 1.82) is 0 Å². The van der Waals surface area contributed by atoms with Gasteiger partial charge in [-0.15, -0.1) is 6.42 Å². The summed E-state index contributed by atoms with van der Waals surface area (Å²) in [7, 11) is -1.46. The van der Waals surface area contributed by atoms with Gasteiger partial charge in [-0.3, -0.25) is 18.9 Å². The maximum Gasteiger partial charge on any atom is 0.252 e. The molecule has 2 heterocycles. The summed E-state index contributed by atoms with van der Waals surface area (Å²) in [5.41, 5.74) is 1.49. The molecule has 0 saturated heterocycles. The number of hydrogen-bond acceptors (Lipinski definition) is 5. The first kappa shape index (κ1) is 20.6. The Morgan fingerprint density at radius 2 is 2.29 bits per heavy atom. The second kappa shape index (κ2) is 8.45. The van der Waals surface area contributed by atoms with Crippen molar-refractivity contribution in [2.24, 2.45) is 5.92 Å². The topological polar surface area (TPSA) is 63.2 Å². The molecule has 1 amide bonds. The van der Waals surface area contributed by atoms with Crippen LogP contribution in [0.3, 0.4) is 0 Å². The van der Waals surface area contributed by atoms with Crippen molar-refractivity contribution in [2.45, 2.75) is 25.7 Å². The van der Waals surface area contributed by atoms with Gasteiger partial charge in [-0.1, -0.05) is 17.3 Å². The monoisotopic (exact) mass is 423 g/mol. The summed E-state index contributed by atoms with van der Waals surface area (Å²) in [6, 6.07) is 3.67. The number of alkyl halides is 2. The number of thiazole rings is 1. The maximum atomic E-state index is 13.0. The fourth-order valence-electron chi connectivity index (χ4n) is 2.71. The van der Waals surface area contributed by atoms with E-state index < -0.39 is 22.6 Å². The van der Waals surface area contributed by atoms with E-state index in [2.05, 4.69) is 15.9 Å². The number of aromatic nitrogens is 2. The highest BCUT2D eigenvalue weighted by molar-refractivity contribution is 7.85. The molecule has 0 aliphatic heterocycles. The molecule has 9 heteroatoms. The summed E-state index contributed by atoms with van der Waals surface area (Å²) in [5.74, 6) is -1.38. The SMILES string of the molecule is C#CCN(C(=O)CCS(=O)CC1CC1(F)F)c1sc(-c2cccnc2)nc1C. The van der Waals surface area contributed by atoms with Crippen molar-refractivity contribution in [2.75, 3.05) is 23.0 Å². The van der Waals surface area contributed by atoms with Crippen LogP contribution < -0.4 is 4.90 Å². The van der Waals surface area contributed by atoms with Crippen molar-refractivity contribution >= 4 is 33.0 Å². The van der Waals surface area contributed by atoms with Crippen LogP contribution >= 0.6 is 11.3 Å². The Morgan fingerprint density at radius 3 is 2.89 bits per heavy atom. The van der Waals surface area contributed by atoms with Gasteiger partial charge in [0.25, 0.3) is 5.92 Å². The highest BCUT2D eigenvalue weighted by Crippen LogP contribution is 2.48. The molecule has 2 atom stereocenters. The molecule has 0 spiro atoms. The molecule has 2 unspecified atom stereocenters. The van der Waals surface area contributed by atoms with E-state index in [0.29, 0.717) is 10.7 Å².